The molecule has 5 nitrogen and oxygen atoms in total. The molecule has 1 atom stereocenters. The van der Waals surface area contributed by atoms with Crippen LogP contribution in [-0.4, -0.2) is 38.8 Å². The van der Waals surface area contributed by atoms with E-state index in [4.69, 9.17) is 0 Å². The highest BCUT2D eigenvalue weighted by atomic mass is 16.2. The van der Waals surface area contributed by atoms with Crippen molar-refractivity contribution in [3.8, 4) is 0 Å². The lowest BCUT2D eigenvalue weighted by Crippen LogP contribution is -2.32. The number of pyridine rings is 1. The van der Waals surface area contributed by atoms with Crippen LogP contribution in [0.5, 0.6) is 0 Å². The normalized spacial score (nSPS) is 17.7. The predicted octanol–water partition coefficient (Wildman–Crippen LogP) is 3.82. The Morgan fingerprint density at radius 3 is 2.93 bits per heavy atom. The van der Waals surface area contributed by atoms with Crippen molar-refractivity contribution in [3.05, 3.63) is 66.0 Å². The number of hydrogen-bond donors (Lipinski definition) is 0. The summed E-state index contributed by atoms with van der Waals surface area (Å²) in [5.41, 5.74) is 1.87. The van der Waals surface area contributed by atoms with Gasteiger partial charge in [0.25, 0.3) is 5.91 Å². The maximum absolute atomic E-state index is 12.7. The molecule has 138 valence electrons. The van der Waals surface area contributed by atoms with Crippen LogP contribution in [0.2, 0.25) is 0 Å². The Hall–Kier alpha value is -2.82. The Bertz CT molecular complexity index is 956. The van der Waals surface area contributed by atoms with E-state index in [2.05, 4.69) is 39.2 Å². The molecule has 4 rings (SSSR count). The fourth-order valence-corrected chi connectivity index (χ4v) is 3.90. The molecule has 0 aliphatic carbocycles. The minimum Gasteiger partial charge on any atom is -0.337 e. The SMILES string of the molecule is Cc1nccc(C(=O)N2CCC[C@H](Cc3ccc4cnccc4c3)CC2)n1. The van der Waals surface area contributed by atoms with E-state index in [9.17, 15) is 4.79 Å². The Morgan fingerprint density at radius 1 is 1.11 bits per heavy atom. The van der Waals surface area contributed by atoms with Gasteiger partial charge in [0.1, 0.15) is 11.5 Å². The van der Waals surface area contributed by atoms with Crippen molar-refractivity contribution in [1.82, 2.24) is 19.9 Å². The number of hydrogen-bond acceptors (Lipinski definition) is 4. The molecule has 5 heteroatoms. The van der Waals surface area contributed by atoms with E-state index < -0.39 is 0 Å². The van der Waals surface area contributed by atoms with Gasteiger partial charge < -0.3 is 4.90 Å². The molecule has 0 radical (unpaired) electrons. The number of aromatic nitrogens is 3. The molecule has 0 unspecified atom stereocenters. The highest BCUT2D eigenvalue weighted by Gasteiger charge is 2.22. The number of nitrogens with zero attached hydrogens (tertiary/aromatic N) is 4. The Labute approximate surface area is 159 Å². The maximum Gasteiger partial charge on any atom is 0.272 e. The third-order valence-electron chi connectivity index (χ3n) is 5.36. The molecule has 27 heavy (non-hydrogen) atoms. The summed E-state index contributed by atoms with van der Waals surface area (Å²) in [6.07, 6.45) is 9.70. The summed E-state index contributed by atoms with van der Waals surface area (Å²) in [6, 6.07) is 10.4. The molecule has 1 amide bonds. The summed E-state index contributed by atoms with van der Waals surface area (Å²) < 4.78 is 0. The fraction of sp³-hybridized carbons (Fsp3) is 0.364. The van der Waals surface area contributed by atoms with Crippen LogP contribution in [0, 0.1) is 12.8 Å². The van der Waals surface area contributed by atoms with E-state index in [0.29, 0.717) is 17.4 Å². The average molecular weight is 360 g/mol. The van der Waals surface area contributed by atoms with Gasteiger partial charge in [-0.05, 0) is 61.6 Å². The second-order valence-corrected chi connectivity index (χ2v) is 7.34. The molecule has 0 saturated carbocycles. The minimum atomic E-state index is 0.0272. The standard InChI is InChI=1S/C22H24N4O/c1-16-24-10-7-21(25-16)22(27)26-11-2-3-17(8-12-26)13-18-4-5-20-15-23-9-6-19(20)14-18/h4-7,9-10,14-15,17H,2-3,8,11-13H2,1H3/t17-/m0/s1. The van der Waals surface area contributed by atoms with Crippen molar-refractivity contribution >= 4 is 16.7 Å². The fourth-order valence-electron chi connectivity index (χ4n) is 3.90. The zero-order chi connectivity index (χ0) is 18.6. The van der Waals surface area contributed by atoms with E-state index in [1.165, 1.54) is 16.3 Å². The zero-order valence-corrected chi connectivity index (χ0v) is 15.6. The van der Waals surface area contributed by atoms with Crippen LogP contribution >= 0.6 is 0 Å². The second-order valence-electron chi connectivity index (χ2n) is 7.34. The van der Waals surface area contributed by atoms with Gasteiger partial charge in [-0.15, -0.1) is 0 Å². The largest absolute Gasteiger partial charge is 0.337 e. The molecule has 1 aliphatic heterocycles. The number of benzene rings is 1. The van der Waals surface area contributed by atoms with Gasteiger partial charge >= 0.3 is 0 Å². The highest BCUT2D eigenvalue weighted by Crippen LogP contribution is 2.24. The average Bonchev–Trinajstić information content (AvgIpc) is 2.93. The number of fused-ring (bicyclic) bond motifs is 1. The van der Waals surface area contributed by atoms with Gasteiger partial charge in [0.2, 0.25) is 0 Å². The smallest absolute Gasteiger partial charge is 0.272 e. The maximum atomic E-state index is 12.7. The van der Waals surface area contributed by atoms with E-state index in [1.54, 1.807) is 12.3 Å². The second kappa shape index (κ2) is 7.82. The molecule has 1 saturated heterocycles. The molecule has 1 aliphatic rings. The van der Waals surface area contributed by atoms with Crippen molar-refractivity contribution in [3.63, 3.8) is 0 Å². The van der Waals surface area contributed by atoms with Crippen LogP contribution in [0.4, 0.5) is 0 Å². The third kappa shape index (κ3) is 4.13. The summed E-state index contributed by atoms with van der Waals surface area (Å²) in [7, 11) is 0. The molecule has 3 heterocycles. The van der Waals surface area contributed by atoms with Gasteiger partial charge in [0.05, 0.1) is 0 Å². The quantitative estimate of drug-likeness (QED) is 0.712. The van der Waals surface area contributed by atoms with Crippen LogP contribution in [0.1, 0.15) is 41.1 Å². The zero-order valence-electron chi connectivity index (χ0n) is 15.6. The molecular weight excluding hydrogens is 336 g/mol. The van der Waals surface area contributed by atoms with Gasteiger partial charge in [0, 0.05) is 37.1 Å². The van der Waals surface area contributed by atoms with Crippen molar-refractivity contribution in [2.75, 3.05) is 13.1 Å². The summed E-state index contributed by atoms with van der Waals surface area (Å²) in [6.45, 7) is 3.42. The van der Waals surface area contributed by atoms with Crippen LogP contribution in [0.15, 0.2) is 48.9 Å². The van der Waals surface area contributed by atoms with Crippen molar-refractivity contribution in [2.45, 2.75) is 32.6 Å². The van der Waals surface area contributed by atoms with E-state index in [1.807, 2.05) is 24.2 Å². The number of aryl methyl sites for hydroxylation is 1. The number of carbonyl (C=O) groups is 1. The van der Waals surface area contributed by atoms with Crippen LogP contribution in [0.3, 0.4) is 0 Å². The lowest BCUT2D eigenvalue weighted by molar-refractivity contribution is 0.0753. The molecule has 1 aromatic carbocycles. The van der Waals surface area contributed by atoms with Crippen molar-refractivity contribution < 1.29 is 4.79 Å². The monoisotopic (exact) mass is 360 g/mol. The van der Waals surface area contributed by atoms with Gasteiger partial charge in [0.15, 0.2) is 0 Å². The molecule has 2 aromatic heterocycles. The Kier molecular flexibility index (Phi) is 5.10. The van der Waals surface area contributed by atoms with Gasteiger partial charge in [-0.25, -0.2) is 9.97 Å². The molecule has 0 bridgehead atoms. The third-order valence-corrected chi connectivity index (χ3v) is 5.36. The van der Waals surface area contributed by atoms with E-state index in [-0.39, 0.29) is 5.91 Å². The van der Waals surface area contributed by atoms with Crippen LogP contribution in [0.25, 0.3) is 10.8 Å². The molecular formula is C22H24N4O. The lowest BCUT2D eigenvalue weighted by Gasteiger charge is -2.20. The first-order chi connectivity index (χ1) is 13.2. The Balaban J connectivity index is 1.41. The first kappa shape index (κ1) is 17.6. The van der Waals surface area contributed by atoms with E-state index in [0.717, 1.165) is 38.8 Å². The topological polar surface area (TPSA) is 59.0 Å². The van der Waals surface area contributed by atoms with Crippen LogP contribution < -0.4 is 0 Å². The highest BCUT2D eigenvalue weighted by molar-refractivity contribution is 5.92. The van der Waals surface area contributed by atoms with Gasteiger partial charge in [-0.1, -0.05) is 18.2 Å². The summed E-state index contributed by atoms with van der Waals surface area (Å²) >= 11 is 0. The van der Waals surface area contributed by atoms with Crippen LogP contribution in [-0.2, 0) is 6.42 Å². The number of amides is 1. The summed E-state index contributed by atoms with van der Waals surface area (Å²) in [5.74, 6) is 1.27. The molecule has 0 N–H and O–H groups in total. The van der Waals surface area contributed by atoms with Gasteiger partial charge in [-0.2, -0.15) is 0 Å². The van der Waals surface area contributed by atoms with Crippen molar-refractivity contribution in [1.29, 1.82) is 0 Å². The molecule has 0 spiro atoms. The molecule has 1 fully saturated rings. The van der Waals surface area contributed by atoms with E-state index >= 15 is 0 Å². The minimum absolute atomic E-state index is 0.0272. The number of carbonyl (C=O) groups excluding carboxylic acids is 1. The van der Waals surface area contributed by atoms with Crippen molar-refractivity contribution in [2.24, 2.45) is 5.92 Å². The molecule has 3 aromatic rings. The summed E-state index contributed by atoms with van der Waals surface area (Å²) in [5, 5.41) is 2.42. The first-order valence-corrected chi connectivity index (χ1v) is 9.60. The number of likely N-dealkylation sites (tertiary alicyclic amines) is 1. The number of rotatable bonds is 3. The first-order valence-electron chi connectivity index (χ1n) is 9.60. The Morgan fingerprint density at radius 2 is 2.04 bits per heavy atom. The summed E-state index contributed by atoms with van der Waals surface area (Å²) in [4.78, 5) is 27.2. The predicted molar refractivity (Wildman–Crippen MR) is 105 cm³/mol. The van der Waals surface area contributed by atoms with Gasteiger partial charge in [-0.3, -0.25) is 9.78 Å². The lowest BCUT2D eigenvalue weighted by atomic mass is 9.92.